The molecule has 1 aromatic rings. The third-order valence-corrected chi connectivity index (χ3v) is 3.23. The maximum absolute atomic E-state index is 11.7. The van der Waals surface area contributed by atoms with Crippen LogP contribution in [-0.2, 0) is 14.3 Å². The van der Waals surface area contributed by atoms with Crippen molar-refractivity contribution in [2.45, 2.75) is 19.3 Å². The summed E-state index contributed by atoms with van der Waals surface area (Å²) in [4.78, 5) is 23.3. The van der Waals surface area contributed by atoms with Crippen LogP contribution in [0.5, 0.6) is 0 Å². The quantitative estimate of drug-likeness (QED) is 0.828. The highest BCUT2D eigenvalue weighted by molar-refractivity contribution is 5.91. The zero-order valence-corrected chi connectivity index (χ0v) is 11.4. The molecular formula is C15H20N2O3. The molecule has 0 saturated carbocycles. The molecule has 2 rings (SSSR count). The highest BCUT2D eigenvalue weighted by Gasteiger charge is 2.18. The van der Waals surface area contributed by atoms with Gasteiger partial charge in [0.2, 0.25) is 11.8 Å². The van der Waals surface area contributed by atoms with E-state index in [0.29, 0.717) is 25.5 Å². The summed E-state index contributed by atoms with van der Waals surface area (Å²) < 4.78 is 5.22. The Morgan fingerprint density at radius 1 is 1.20 bits per heavy atom. The van der Waals surface area contributed by atoms with Crippen molar-refractivity contribution in [3.63, 3.8) is 0 Å². The average Bonchev–Trinajstić information content (AvgIpc) is 2.92. The van der Waals surface area contributed by atoms with E-state index in [9.17, 15) is 9.59 Å². The molecule has 2 amide bonds. The summed E-state index contributed by atoms with van der Waals surface area (Å²) in [6.45, 7) is 1.78. The number of carbonyl (C=O) groups excluding carboxylic acids is 2. The number of rotatable bonds is 6. The van der Waals surface area contributed by atoms with E-state index < -0.39 is 0 Å². The van der Waals surface area contributed by atoms with Gasteiger partial charge < -0.3 is 15.4 Å². The second-order valence-corrected chi connectivity index (χ2v) is 4.95. The van der Waals surface area contributed by atoms with E-state index in [0.717, 1.165) is 18.7 Å². The summed E-state index contributed by atoms with van der Waals surface area (Å²) in [7, 11) is 0. The number of amides is 2. The van der Waals surface area contributed by atoms with Gasteiger partial charge in [-0.1, -0.05) is 18.2 Å². The molecule has 1 aliphatic rings. The van der Waals surface area contributed by atoms with Gasteiger partial charge in [-0.05, 0) is 24.5 Å². The Labute approximate surface area is 118 Å². The molecule has 0 aliphatic carbocycles. The fraction of sp³-hybridized carbons (Fsp3) is 0.467. The van der Waals surface area contributed by atoms with Crippen LogP contribution in [0.3, 0.4) is 0 Å². The fourth-order valence-corrected chi connectivity index (χ4v) is 2.14. The number of anilines is 1. The number of hydrogen-bond donors (Lipinski definition) is 2. The van der Waals surface area contributed by atoms with Crippen molar-refractivity contribution in [3.8, 4) is 0 Å². The van der Waals surface area contributed by atoms with Gasteiger partial charge in [0.1, 0.15) is 0 Å². The van der Waals surface area contributed by atoms with Gasteiger partial charge in [0.05, 0.1) is 0 Å². The highest BCUT2D eigenvalue weighted by Crippen LogP contribution is 2.15. The van der Waals surface area contributed by atoms with Crippen LogP contribution < -0.4 is 10.6 Å². The van der Waals surface area contributed by atoms with Gasteiger partial charge in [0.25, 0.3) is 0 Å². The number of nitrogens with one attached hydrogen (secondary N) is 2. The minimum atomic E-state index is -0.0966. The summed E-state index contributed by atoms with van der Waals surface area (Å²) in [5, 5.41) is 5.55. The molecule has 1 aliphatic heterocycles. The lowest BCUT2D eigenvalue weighted by atomic mass is 10.1. The van der Waals surface area contributed by atoms with Gasteiger partial charge in [0, 0.05) is 38.3 Å². The Bertz CT molecular complexity index is 442. The van der Waals surface area contributed by atoms with Crippen LogP contribution in [0.4, 0.5) is 5.69 Å². The third kappa shape index (κ3) is 5.01. The van der Waals surface area contributed by atoms with Gasteiger partial charge in [-0.25, -0.2) is 0 Å². The number of hydrogen-bond acceptors (Lipinski definition) is 3. The van der Waals surface area contributed by atoms with Crippen LogP contribution in [0.25, 0.3) is 0 Å². The lowest BCUT2D eigenvalue weighted by molar-refractivity contribution is -0.122. The molecular weight excluding hydrogens is 256 g/mol. The Kier molecular flexibility index (Phi) is 5.55. The second kappa shape index (κ2) is 7.65. The van der Waals surface area contributed by atoms with Crippen molar-refractivity contribution >= 4 is 17.5 Å². The molecule has 0 radical (unpaired) electrons. The Morgan fingerprint density at radius 2 is 2.00 bits per heavy atom. The summed E-state index contributed by atoms with van der Waals surface area (Å²) >= 11 is 0. The first-order valence-corrected chi connectivity index (χ1v) is 6.93. The first-order chi connectivity index (χ1) is 9.74. The molecule has 5 nitrogen and oxygen atoms in total. The number of benzene rings is 1. The van der Waals surface area contributed by atoms with E-state index in [1.54, 1.807) is 0 Å². The summed E-state index contributed by atoms with van der Waals surface area (Å²) in [6, 6.07) is 9.28. The SMILES string of the molecule is O=C(C[C@@H]1CCOC1)NCCC(=O)Nc1ccccc1. The normalized spacial score (nSPS) is 17.7. The number of ether oxygens (including phenoxy) is 1. The van der Waals surface area contributed by atoms with Crippen LogP contribution in [0.15, 0.2) is 30.3 Å². The molecule has 0 spiro atoms. The molecule has 5 heteroatoms. The highest BCUT2D eigenvalue weighted by atomic mass is 16.5. The van der Waals surface area contributed by atoms with E-state index in [1.807, 2.05) is 30.3 Å². The first-order valence-electron chi connectivity index (χ1n) is 6.93. The van der Waals surface area contributed by atoms with Gasteiger partial charge in [-0.15, -0.1) is 0 Å². The maximum Gasteiger partial charge on any atom is 0.226 e. The molecule has 108 valence electrons. The zero-order valence-electron chi connectivity index (χ0n) is 11.4. The van der Waals surface area contributed by atoms with Gasteiger partial charge >= 0.3 is 0 Å². The predicted molar refractivity (Wildman–Crippen MR) is 76.2 cm³/mol. The molecule has 0 aromatic heterocycles. The van der Waals surface area contributed by atoms with E-state index >= 15 is 0 Å². The smallest absolute Gasteiger partial charge is 0.226 e. The molecule has 20 heavy (non-hydrogen) atoms. The Morgan fingerprint density at radius 3 is 2.70 bits per heavy atom. The van der Waals surface area contributed by atoms with Crippen molar-refractivity contribution in [3.05, 3.63) is 30.3 Å². The maximum atomic E-state index is 11.7. The average molecular weight is 276 g/mol. The summed E-state index contributed by atoms with van der Waals surface area (Å²) in [5.41, 5.74) is 0.770. The molecule has 1 saturated heterocycles. The van der Waals surface area contributed by atoms with Crippen LogP contribution in [0, 0.1) is 5.92 Å². The van der Waals surface area contributed by atoms with Gasteiger partial charge in [-0.3, -0.25) is 9.59 Å². The topological polar surface area (TPSA) is 67.4 Å². The van der Waals surface area contributed by atoms with E-state index in [1.165, 1.54) is 0 Å². The van der Waals surface area contributed by atoms with E-state index in [-0.39, 0.29) is 18.2 Å². The van der Waals surface area contributed by atoms with Crippen LogP contribution in [0.2, 0.25) is 0 Å². The summed E-state index contributed by atoms with van der Waals surface area (Å²) in [6.07, 6.45) is 1.71. The Balaban J connectivity index is 1.60. The Hall–Kier alpha value is -1.88. The molecule has 0 bridgehead atoms. The van der Waals surface area contributed by atoms with Gasteiger partial charge in [-0.2, -0.15) is 0 Å². The summed E-state index contributed by atoms with van der Waals surface area (Å²) in [5.74, 6) is 0.224. The lowest BCUT2D eigenvalue weighted by Crippen LogP contribution is -2.29. The minimum absolute atomic E-state index is 0.00647. The predicted octanol–water partition coefficient (Wildman–Crippen LogP) is 1.56. The molecule has 1 heterocycles. The van der Waals surface area contributed by atoms with Crippen molar-refractivity contribution in [2.24, 2.45) is 5.92 Å². The van der Waals surface area contributed by atoms with E-state index in [4.69, 9.17) is 4.74 Å². The van der Waals surface area contributed by atoms with Crippen LogP contribution >= 0.6 is 0 Å². The van der Waals surface area contributed by atoms with Crippen molar-refractivity contribution in [1.82, 2.24) is 5.32 Å². The largest absolute Gasteiger partial charge is 0.381 e. The number of carbonyl (C=O) groups is 2. The van der Waals surface area contributed by atoms with Crippen LogP contribution in [-0.4, -0.2) is 31.6 Å². The standard InChI is InChI=1S/C15H20N2O3/c18-14(17-13-4-2-1-3-5-13)6-8-16-15(19)10-12-7-9-20-11-12/h1-5,12H,6-11H2,(H,16,19)(H,17,18)/t12-/m0/s1. The third-order valence-electron chi connectivity index (χ3n) is 3.23. The molecule has 2 N–H and O–H groups in total. The van der Waals surface area contributed by atoms with Crippen molar-refractivity contribution in [1.29, 1.82) is 0 Å². The molecule has 1 atom stereocenters. The fourth-order valence-electron chi connectivity index (χ4n) is 2.14. The van der Waals surface area contributed by atoms with Crippen LogP contribution in [0.1, 0.15) is 19.3 Å². The van der Waals surface area contributed by atoms with E-state index in [2.05, 4.69) is 10.6 Å². The molecule has 0 unspecified atom stereocenters. The van der Waals surface area contributed by atoms with Crippen molar-refractivity contribution in [2.75, 3.05) is 25.1 Å². The molecule has 1 fully saturated rings. The lowest BCUT2D eigenvalue weighted by Gasteiger charge is -2.09. The van der Waals surface area contributed by atoms with Gasteiger partial charge in [0.15, 0.2) is 0 Å². The number of para-hydroxylation sites is 1. The minimum Gasteiger partial charge on any atom is -0.381 e. The monoisotopic (exact) mass is 276 g/mol. The second-order valence-electron chi connectivity index (χ2n) is 4.95. The molecule has 1 aromatic carbocycles. The zero-order chi connectivity index (χ0) is 14.2. The first kappa shape index (κ1) is 14.5. The van der Waals surface area contributed by atoms with Crippen molar-refractivity contribution < 1.29 is 14.3 Å².